The fourth-order valence-corrected chi connectivity index (χ4v) is 1.89. The Kier molecular flexibility index (Phi) is 4.44. The van der Waals surface area contributed by atoms with E-state index in [0.717, 1.165) is 17.2 Å². The van der Waals surface area contributed by atoms with Crippen molar-refractivity contribution in [1.82, 2.24) is 10.3 Å². The normalized spacial score (nSPS) is 11.7. The lowest BCUT2D eigenvalue weighted by molar-refractivity contribution is -0.136. The lowest BCUT2D eigenvalue weighted by Gasteiger charge is -2.19. The Morgan fingerprint density at radius 2 is 2.25 bits per heavy atom. The maximum atomic E-state index is 10.4. The number of carbonyl (C=O) groups is 1. The zero-order chi connectivity index (χ0) is 12.2. The third-order valence-corrected chi connectivity index (χ3v) is 2.86. The van der Waals surface area contributed by atoms with E-state index in [0.29, 0.717) is 6.42 Å². The molecule has 1 aromatic heterocycles. The Morgan fingerprint density at radius 1 is 1.56 bits per heavy atom. The smallest absolute Gasteiger partial charge is 0.303 e. The molecule has 0 aliphatic carbocycles. The van der Waals surface area contributed by atoms with Gasteiger partial charge >= 0.3 is 5.97 Å². The Morgan fingerprint density at radius 3 is 2.81 bits per heavy atom. The van der Waals surface area contributed by atoms with Crippen molar-refractivity contribution < 1.29 is 9.90 Å². The summed E-state index contributed by atoms with van der Waals surface area (Å²) in [5, 5.41) is 14.8. The van der Waals surface area contributed by atoms with Crippen LogP contribution in [0.3, 0.4) is 0 Å². The van der Waals surface area contributed by atoms with E-state index in [1.165, 1.54) is 0 Å². The van der Waals surface area contributed by atoms with Gasteiger partial charge in [0.15, 0.2) is 0 Å². The number of carboxylic acids is 1. The summed E-state index contributed by atoms with van der Waals surface area (Å²) in [6.07, 6.45) is 0.664. The van der Waals surface area contributed by atoms with E-state index < -0.39 is 5.97 Å². The van der Waals surface area contributed by atoms with Crippen molar-refractivity contribution in [2.75, 3.05) is 0 Å². The molecule has 0 bridgehead atoms. The molecule has 0 unspecified atom stereocenters. The number of carboxylic acid groups (broad SMARTS) is 1. The first-order chi connectivity index (χ1) is 7.37. The molecule has 1 rings (SSSR count). The van der Waals surface area contributed by atoms with Gasteiger partial charge in [0.25, 0.3) is 0 Å². The summed E-state index contributed by atoms with van der Waals surface area (Å²) in [7, 11) is 0. The Balaban J connectivity index is 2.42. The number of nitrogens with zero attached hydrogens (tertiary/aromatic N) is 1. The van der Waals surface area contributed by atoms with Crippen LogP contribution in [0.5, 0.6) is 0 Å². The first-order valence-electron chi connectivity index (χ1n) is 5.27. The molecule has 4 nitrogen and oxygen atoms in total. The summed E-state index contributed by atoms with van der Waals surface area (Å²) in [6.45, 7) is 7.05. The standard InChI is InChI=1S/C11H18N2O2S/c1-11(2,3)12-6-9-13-8(7-16-9)4-5-10(14)15/h7,12H,4-6H2,1-3H3,(H,14,15). The summed E-state index contributed by atoms with van der Waals surface area (Å²) in [5.74, 6) is -0.776. The number of hydrogen-bond donors (Lipinski definition) is 2. The SMILES string of the molecule is CC(C)(C)NCc1nc(CCC(=O)O)cs1. The Labute approximate surface area is 99.7 Å². The van der Waals surface area contributed by atoms with Crippen molar-refractivity contribution in [2.24, 2.45) is 0 Å². The van der Waals surface area contributed by atoms with Gasteiger partial charge in [0, 0.05) is 23.9 Å². The van der Waals surface area contributed by atoms with Crippen LogP contribution in [0.1, 0.15) is 37.9 Å². The largest absolute Gasteiger partial charge is 0.481 e. The molecule has 0 amide bonds. The minimum Gasteiger partial charge on any atom is -0.481 e. The van der Waals surface area contributed by atoms with E-state index in [2.05, 4.69) is 31.1 Å². The summed E-state index contributed by atoms with van der Waals surface area (Å²) in [6, 6.07) is 0. The molecule has 16 heavy (non-hydrogen) atoms. The number of nitrogens with one attached hydrogen (secondary N) is 1. The Hall–Kier alpha value is -0.940. The van der Waals surface area contributed by atoms with Crippen LogP contribution >= 0.6 is 11.3 Å². The van der Waals surface area contributed by atoms with Gasteiger partial charge in [-0.1, -0.05) is 0 Å². The molecule has 5 heteroatoms. The fraction of sp³-hybridized carbons (Fsp3) is 0.636. The van der Waals surface area contributed by atoms with Gasteiger partial charge < -0.3 is 10.4 Å². The molecular formula is C11H18N2O2S. The number of aliphatic carboxylic acids is 1. The molecule has 0 aliphatic heterocycles. The van der Waals surface area contributed by atoms with Crippen LogP contribution in [0.25, 0.3) is 0 Å². The second-order valence-corrected chi connectivity index (χ2v) is 5.67. The van der Waals surface area contributed by atoms with Gasteiger partial charge in [-0.2, -0.15) is 0 Å². The maximum absolute atomic E-state index is 10.4. The second kappa shape index (κ2) is 5.41. The van der Waals surface area contributed by atoms with Crippen molar-refractivity contribution in [2.45, 2.75) is 45.7 Å². The van der Waals surface area contributed by atoms with E-state index in [1.807, 2.05) is 5.38 Å². The predicted octanol–water partition coefficient (Wildman–Crippen LogP) is 2.05. The van der Waals surface area contributed by atoms with Crippen LogP contribution in [-0.2, 0) is 17.8 Å². The second-order valence-electron chi connectivity index (χ2n) is 4.73. The third kappa shape index (κ3) is 5.23. The monoisotopic (exact) mass is 242 g/mol. The molecule has 0 aliphatic rings. The van der Waals surface area contributed by atoms with Crippen LogP contribution in [0.15, 0.2) is 5.38 Å². The topological polar surface area (TPSA) is 62.2 Å². The van der Waals surface area contributed by atoms with Crippen molar-refractivity contribution in [3.05, 3.63) is 16.1 Å². The van der Waals surface area contributed by atoms with E-state index >= 15 is 0 Å². The number of aromatic nitrogens is 1. The van der Waals surface area contributed by atoms with Crippen LogP contribution in [0.4, 0.5) is 0 Å². The van der Waals surface area contributed by atoms with Gasteiger partial charge in [0.2, 0.25) is 0 Å². The third-order valence-electron chi connectivity index (χ3n) is 1.96. The molecule has 0 atom stereocenters. The van der Waals surface area contributed by atoms with Crippen molar-refractivity contribution >= 4 is 17.3 Å². The molecule has 2 N–H and O–H groups in total. The minimum atomic E-state index is -0.776. The van der Waals surface area contributed by atoms with Gasteiger partial charge in [-0.3, -0.25) is 4.79 Å². The number of rotatable bonds is 5. The highest BCUT2D eigenvalue weighted by atomic mass is 32.1. The van der Waals surface area contributed by atoms with Crippen LogP contribution in [0, 0.1) is 0 Å². The highest BCUT2D eigenvalue weighted by molar-refractivity contribution is 7.09. The predicted molar refractivity (Wildman–Crippen MR) is 64.7 cm³/mol. The first kappa shape index (κ1) is 13.1. The first-order valence-corrected chi connectivity index (χ1v) is 6.15. The van der Waals surface area contributed by atoms with Crippen LogP contribution in [-0.4, -0.2) is 21.6 Å². The van der Waals surface area contributed by atoms with Gasteiger partial charge in [0.05, 0.1) is 12.1 Å². The van der Waals surface area contributed by atoms with Crippen molar-refractivity contribution in [1.29, 1.82) is 0 Å². The highest BCUT2D eigenvalue weighted by Crippen LogP contribution is 2.12. The molecule has 0 saturated heterocycles. The quantitative estimate of drug-likeness (QED) is 0.829. The molecular weight excluding hydrogens is 224 g/mol. The maximum Gasteiger partial charge on any atom is 0.303 e. The molecule has 1 heterocycles. The zero-order valence-corrected chi connectivity index (χ0v) is 10.7. The van der Waals surface area contributed by atoms with Gasteiger partial charge in [-0.25, -0.2) is 4.98 Å². The molecule has 90 valence electrons. The summed E-state index contributed by atoms with van der Waals surface area (Å²) in [4.78, 5) is 14.8. The van der Waals surface area contributed by atoms with Crippen LogP contribution in [0.2, 0.25) is 0 Å². The molecule has 0 aromatic carbocycles. The lowest BCUT2D eigenvalue weighted by atomic mass is 10.1. The summed E-state index contributed by atoms with van der Waals surface area (Å²) in [5.41, 5.74) is 0.950. The number of aryl methyl sites for hydroxylation is 1. The number of thiazole rings is 1. The number of hydrogen-bond acceptors (Lipinski definition) is 4. The zero-order valence-electron chi connectivity index (χ0n) is 9.91. The van der Waals surface area contributed by atoms with Gasteiger partial charge in [-0.15, -0.1) is 11.3 Å². The van der Waals surface area contributed by atoms with Gasteiger partial charge in [-0.05, 0) is 20.8 Å². The highest BCUT2D eigenvalue weighted by Gasteiger charge is 2.10. The molecule has 0 fully saturated rings. The van der Waals surface area contributed by atoms with E-state index in [1.54, 1.807) is 11.3 Å². The summed E-state index contributed by atoms with van der Waals surface area (Å²) >= 11 is 1.58. The summed E-state index contributed by atoms with van der Waals surface area (Å²) < 4.78 is 0. The molecule has 0 radical (unpaired) electrons. The molecule has 0 spiro atoms. The van der Waals surface area contributed by atoms with Crippen molar-refractivity contribution in [3.8, 4) is 0 Å². The molecule has 1 aromatic rings. The Bertz CT molecular complexity index is 355. The van der Waals surface area contributed by atoms with Gasteiger partial charge in [0.1, 0.15) is 5.01 Å². The average molecular weight is 242 g/mol. The van der Waals surface area contributed by atoms with E-state index in [-0.39, 0.29) is 12.0 Å². The fourth-order valence-electron chi connectivity index (χ4n) is 1.12. The van der Waals surface area contributed by atoms with E-state index in [4.69, 9.17) is 5.11 Å². The molecule has 0 saturated carbocycles. The average Bonchev–Trinajstić information content (AvgIpc) is 2.58. The van der Waals surface area contributed by atoms with E-state index in [9.17, 15) is 4.79 Å². The minimum absolute atomic E-state index is 0.0763. The van der Waals surface area contributed by atoms with Crippen molar-refractivity contribution in [3.63, 3.8) is 0 Å². The van der Waals surface area contributed by atoms with Crippen LogP contribution < -0.4 is 5.32 Å². The lowest BCUT2D eigenvalue weighted by Crippen LogP contribution is -2.35.